The third-order valence-electron chi connectivity index (χ3n) is 5.46. The van der Waals surface area contributed by atoms with Crippen LogP contribution in [0.3, 0.4) is 0 Å². The molecular weight excluding hydrogens is 376 g/mol. The Kier molecular flexibility index (Phi) is 4.67. The average molecular weight is 398 g/mol. The van der Waals surface area contributed by atoms with Crippen LogP contribution in [-0.2, 0) is 7.05 Å². The van der Waals surface area contributed by atoms with E-state index in [2.05, 4.69) is 10.1 Å². The van der Waals surface area contributed by atoms with Crippen molar-refractivity contribution in [2.24, 2.45) is 7.05 Å². The van der Waals surface area contributed by atoms with Gasteiger partial charge in [-0.3, -0.25) is 9.48 Å². The standard InChI is InChI=1S/C24H22N4O2/c1-27-22(15-21(26-27)17-7-3-2-4-8-17)24(29)28-14-13-19(16-28)30-23-12-11-18-9-5-6-10-20(18)25-23/h2-12,15,19H,13-14,16H2,1H3. The molecule has 1 fully saturated rings. The van der Waals surface area contributed by atoms with Gasteiger partial charge in [0.25, 0.3) is 5.91 Å². The first-order chi connectivity index (χ1) is 14.7. The maximum Gasteiger partial charge on any atom is 0.272 e. The monoisotopic (exact) mass is 398 g/mol. The number of carbonyl (C=O) groups is 1. The summed E-state index contributed by atoms with van der Waals surface area (Å²) < 4.78 is 7.73. The predicted molar refractivity (Wildman–Crippen MR) is 115 cm³/mol. The number of hydrogen-bond donors (Lipinski definition) is 0. The molecule has 2 aromatic carbocycles. The smallest absolute Gasteiger partial charge is 0.272 e. The summed E-state index contributed by atoms with van der Waals surface area (Å²) in [5.74, 6) is 0.574. The zero-order chi connectivity index (χ0) is 20.5. The van der Waals surface area contributed by atoms with E-state index < -0.39 is 0 Å². The lowest BCUT2D eigenvalue weighted by molar-refractivity contribution is 0.0760. The van der Waals surface area contributed by atoms with Crippen LogP contribution in [0.4, 0.5) is 0 Å². The molecule has 6 nitrogen and oxygen atoms in total. The van der Waals surface area contributed by atoms with Crippen molar-refractivity contribution < 1.29 is 9.53 Å². The van der Waals surface area contributed by atoms with E-state index in [9.17, 15) is 4.79 Å². The number of nitrogens with zero attached hydrogens (tertiary/aromatic N) is 4. The first-order valence-electron chi connectivity index (χ1n) is 10.1. The van der Waals surface area contributed by atoms with E-state index in [0.717, 1.165) is 28.6 Å². The Hall–Kier alpha value is -3.67. The van der Waals surface area contributed by atoms with Gasteiger partial charge in [-0.1, -0.05) is 48.5 Å². The lowest BCUT2D eigenvalue weighted by atomic mass is 10.1. The van der Waals surface area contributed by atoms with Gasteiger partial charge in [0.1, 0.15) is 11.8 Å². The summed E-state index contributed by atoms with van der Waals surface area (Å²) in [6.07, 6.45) is 0.716. The molecule has 6 heteroatoms. The molecule has 1 saturated heterocycles. The summed E-state index contributed by atoms with van der Waals surface area (Å²) >= 11 is 0. The molecule has 2 aromatic heterocycles. The first-order valence-corrected chi connectivity index (χ1v) is 10.1. The van der Waals surface area contributed by atoms with Crippen molar-refractivity contribution in [3.8, 4) is 17.1 Å². The lowest BCUT2D eigenvalue weighted by Gasteiger charge is -2.17. The fourth-order valence-electron chi connectivity index (χ4n) is 3.87. The molecule has 0 saturated carbocycles. The number of benzene rings is 2. The SMILES string of the molecule is Cn1nc(-c2ccccc2)cc1C(=O)N1CCC(Oc2ccc3ccccc3n2)C1. The highest BCUT2D eigenvalue weighted by atomic mass is 16.5. The van der Waals surface area contributed by atoms with Gasteiger partial charge in [0.15, 0.2) is 0 Å². The molecule has 3 heterocycles. The average Bonchev–Trinajstić information content (AvgIpc) is 3.40. The second-order valence-corrected chi connectivity index (χ2v) is 7.53. The highest BCUT2D eigenvalue weighted by Crippen LogP contribution is 2.23. The van der Waals surface area contributed by atoms with Crippen LogP contribution in [0.15, 0.2) is 72.8 Å². The van der Waals surface area contributed by atoms with E-state index in [1.807, 2.05) is 84.7 Å². The molecule has 1 aliphatic heterocycles. The van der Waals surface area contributed by atoms with Gasteiger partial charge in [-0.15, -0.1) is 0 Å². The highest BCUT2D eigenvalue weighted by Gasteiger charge is 2.30. The number of hydrogen-bond acceptors (Lipinski definition) is 4. The van der Waals surface area contributed by atoms with Crippen molar-refractivity contribution in [1.29, 1.82) is 0 Å². The summed E-state index contributed by atoms with van der Waals surface area (Å²) in [4.78, 5) is 19.5. The van der Waals surface area contributed by atoms with Crippen LogP contribution in [0.1, 0.15) is 16.9 Å². The van der Waals surface area contributed by atoms with E-state index in [1.165, 1.54) is 0 Å². The van der Waals surface area contributed by atoms with Gasteiger partial charge < -0.3 is 9.64 Å². The number of likely N-dealkylation sites (tertiary alicyclic amines) is 1. The van der Waals surface area contributed by atoms with Crippen molar-refractivity contribution in [3.05, 3.63) is 78.5 Å². The van der Waals surface area contributed by atoms with Gasteiger partial charge in [0, 0.05) is 37.0 Å². The fourth-order valence-corrected chi connectivity index (χ4v) is 3.87. The topological polar surface area (TPSA) is 60.2 Å². The summed E-state index contributed by atoms with van der Waals surface area (Å²) in [5.41, 5.74) is 3.29. The molecule has 1 aliphatic rings. The van der Waals surface area contributed by atoms with Crippen molar-refractivity contribution in [2.45, 2.75) is 12.5 Å². The maximum atomic E-state index is 13.1. The molecule has 30 heavy (non-hydrogen) atoms. The second kappa shape index (κ2) is 7.63. The van der Waals surface area contributed by atoms with Gasteiger partial charge in [-0.2, -0.15) is 5.10 Å². The van der Waals surface area contributed by atoms with E-state index >= 15 is 0 Å². The number of carbonyl (C=O) groups excluding carboxylic acids is 1. The summed E-state index contributed by atoms with van der Waals surface area (Å²) in [6, 6.07) is 23.6. The molecule has 0 radical (unpaired) electrons. The van der Waals surface area contributed by atoms with Crippen LogP contribution < -0.4 is 4.74 Å². The van der Waals surface area contributed by atoms with E-state index in [-0.39, 0.29) is 12.0 Å². The third-order valence-corrected chi connectivity index (χ3v) is 5.46. The normalized spacial score (nSPS) is 16.2. The molecule has 150 valence electrons. The van der Waals surface area contributed by atoms with Gasteiger partial charge >= 0.3 is 0 Å². The zero-order valence-electron chi connectivity index (χ0n) is 16.7. The van der Waals surface area contributed by atoms with Crippen molar-refractivity contribution >= 4 is 16.8 Å². The molecule has 1 unspecified atom stereocenters. The van der Waals surface area contributed by atoms with E-state index in [0.29, 0.717) is 24.7 Å². The van der Waals surface area contributed by atoms with Crippen molar-refractivity contribution in [3.63, 3.8) is 0 Å². The minimum absolute atomic E-state index is 0.0234. The van der Waals surface area contributed by atoms with E-state index in [4.69, 9.17) is 4.74 Å². The number of ether oxygens (including phenoxy) is 1. The minimum atomic E-state index is -0.0653. The van der Waals surface area contributed by atoms with Gasteiger partial charge in [0.2, 0.25) is 5.88 Å². The number of para-hydroxylation sites is 1. The summed E-state index contributed by atoms with van der Waals surface area (Å²) in [7, 11) is 1.81. The van der Waals surface area contributed by atoms with Crippen LogP contribution in [0.5, 0.6) is 5.88 Å². The van der Waals surface area contributed by atoms with Gasteiger partial charge in [-0.05, 0) is 18.2 Å². The second-order valence-electron chi connectivity index (χ2n) is 7.53. The molecular formula is C24H22N4O2. The van der Waals surface area contributed by atoms with Crippen molar-refractivity contribution in [1.82, 2.24) is 19.7 Å². The molecule has 5 rings (SSSR count). The molecule has 4 aromatic rings. The Labute approximate surface area is 174 Å². The maximum absolute atomic E-state index is 13.1. The van der Waals surface area contributed by atoms with Crippen LogP contribution >= 0.6 is 0 Å². The number of aromatic nitrogens is 3. The van der Waals surface area contributed by atoms with E-state index in [1.54, 1.807) is 4.68 Å². The minimum Gasteiger partial charge on any atom is -0.472 e. The molecule has 1 amide bonds. The molecule has 0 aliphatic carbocycles. The quantitative estimate of drug-likeness (QED) is 0.523. The highest BCUT2D eigenvalue weighted by molar-refractivity contribution is 5.94. The van der Waals surface area contributed by atoms with Crippen LogP contribution in [-0.4, -0.2) is 44.8 Å². The third kappa shape index (κ3) is 3.52. The number of fused-ring (bicyclic) bond motifs is 1. The predicted octanol–water partition coefficient (Wildman–Crippen LogP) is 3.93. The largest absolute Gasteiger partial charge is 0.472 e. The number of rotatable bonds is 4. The van der Waals surface area contributed by atoms with Gasteiger partial charge in [0.05, 0.1) is 17.8 Å². The summed E-state index contributed by atoms with van der Waals surface area (Å²) in [6.45, 7) is 1.20. The van der Waals surface area contributed by atoms with Crippen LogP contribution in [0.2, 0.25) is 0 Å². The van der Waals surface area contributed by atoms with Gasteiger partial charge in [-0.25, -0.2) is 4.98 Å². The lowest BCUT2D eigenvalue weighted by Crippen LogP contribution is -2.32. The number of aryl methyl sites for hydroxylation is 1. The summed E-state index contributed by atoms with van der Waals surface area (Å²) in [5, 5.41) is 5.60. The Morgan fingerprint density at radius 1 is 1.03 bits per heavy atom. The Morgan fingerprint density at radius 2 is 1.83 bits per heavy atom. The van der Waals surface area contributed by atoms with Crippen LogP contribution in [0.25, 0.3) is 22.2 Å². The van der Waals surface area contributed by atoms with Crippen LogP contribution in [0, 0.1) is 0 Å². The molecule has 0 spiro atoms. The number of amides is 1. The molecule has 1 atom stereocenters. The Bertz CT molecular complexity index is 1200. The number of pyridine rings is 1. The van der Waals surface area contributed by atoms with Crippen molar-refractivity contribution in [2.75, 3.05) is 13.1 Å². The molecule has 0 bridgehead atoms. The Morgan fingerprint density at radius 3 is 2.70 bits per heavy atom. The molecule has 0 N–H and O–H groups in total. The Balaban J connectivity index is 1.28. The first kappa shape index (κ1) is 18.4. The fraction of sp³-hybridized carbons (Fsp3) is 0.208. The zero-order valence-corrected chi connectivity index (χ0v) is 16.7.